The standard InChI is InChI=1S/C16H19BrS/c1-16(2,3)15-10-9-14(18-15)13(17)11-12-7-5-4-6-8-12/h4-10,13H,11H2,1-3H3. The van der Waals surface area contributed by atoms with Gasteiger partial charge in [-0.2, -0.15) is 0 Å². The maximum Gasteiger partial charge on any atom is 0.0529 e. The molecule has 2 aromatic rings. The van der Waals surface area contributed by atoms with Gasteiger partial charge >= 0.3 is 0 Å². The van der Waals surface area contributed by atoms with Crippen molar-refractivity contribution in [2.75, 3.05) is 0 Å². The van der Waals surface area contributed by atoms with Crippen molar-refractivity contribution in [3.8, 4) is 0 Å². The second kappa shape index (κ2) is 5.58. The van der Waals surface area contributed by atoms with E-state index >= 15 is 0 Å². The minimum Gasteiger partial charge on any atom is -0.144 e. The molecule has 1 aromatic carbocycles. The summed E-state index contributed by atoms with van der Waals surface area (Å²) in [7, 11) is 0. The number of thiophene rings is 1. The Morgan fingerprint density at radius 1 is 1.06 bits per heavy atom. The monoisotopic (exact) mass is 322 g/mol. The third-order valence-corrected chi connectivity index (χ3v) is 5.68. The number of hydrogen-bond acceptors (Lipinski definition) is 1. The lowest BCUT2D eigenvalue weighted by Gasteiger charge is -2.15. The molecule has 0 saturated heterocycles. The SMILES string of the molecule is CC(C)(C)c1ccc(C(Br)Cc2ccccc2)s1. The summed E-state index contributed by atoms with van der Waals surface area (Å²) in [6.07, 6.45) is 1.05. The second-order valence-corrected chi connectivity index (χ2v) is 7.83. The zero-order valence-corrected chi connectivity index (χ0v) is 13.5. The Balaban J connectivity index is 2.10. The molecular formula is C16H19BrS. The Labute approximate surface area is 122 Å². The lowest BCUT2D eigenvalue weighted by molar-refractivity contribution is 0.604. The van der Waals surface area contributed by atoms with Crippen molar-refractivity contribution in [3.05, 3.63) is 57.8 Å². The maximum atomic E-state index is 3.81. The van der Waals surface area contributed by atoms with Gasteiger partial charge in [-0.15, -0.1) is 11.3 Å². The fourth-order valence-corrected chi connectivity index (χ4v) is 3.70. The van der Waals surface area contributed by atoms with Crippen LogP contribution in [0.15, 0.2) is 42.5 Å². The fraction of sp³-hybridized carbons (Fsp3) is 0.375. The third-order valence-electron chi connectivity index (χ3n) is 2.93. The molecule has 1 aromatic heterocycles. The normalized spacial score (nSPS) is 13.6. The first kappa shape index (κ1) is 13.8. The Kier molecular flexibility index (Phi) is 4.29. The van der Waals surface area contributed by atoms with Crippen LogP contribution < -0.4 is 0 Å². The number of benzene rings is 1. The third kappa shape index (κ3) is 3.46. The van der Waals surface area contributed by atoms with Crippen LogP contribution in [-0.2, 0) is 11.8 Å². The number of rotatable bonds is 3. The van der Waals surface area contributed by atoms with Gasteiger partial charge < -0.3 is 0 Å². The molecule has 0 N–H and O–H groups in total. The van der Waals surface area contributed by atoms with Crippen LogP contribution in [0.25, 0.3) is 0 Å². The van der Waals surface area contributed by atoms with E-state index in [1.807, 2.05) is 11.3 Å². The van der Waals surface area contributed by atoms with Crippen molar-refractivity contribution in [1.82, 2.24) is 0 Å². The summed E-state index contributed by atoms with van der Waals surface area (Å²) < 4.78 is 0. The van der Waals surface area contributed by atoms with E-state index in [-0.39, 0.29) is 5.41 Å². The first-order valence-corrected chi connectivity index (χ1v) is 7.98. The Hall–Kier alpha value is -0.600. The van der Waals surface area contributed by atoms with E-state index in [2.05, 4.69) is 79.2 Å². The molecule has 96 valence electrons. The van der Waals surface area contributed by atoms with E-state index in [0.717, 1.165) is 6.42 Å². The summed E-state index contributed by atoms with van der Waals surface area (Å²) in [5.74, 6) is 0. The van der Waals surface area contributed by atoms with Crippen LogP contribution in [0, 0.1) is 0 Å². The van der Waals surface area contributed by atoms with Gasteiger partial charge in [-0.05, 0) is 29.5 Å². The van der Waals surface area contributed by atoms with Gasteiger partial charge in [-0.3, -0.25) is 0 Å². The van der Waals surface area contributed by atoms with Gasteiger partial charge in [0.15, 0.2) is 0 Å². The summed E-state index contributed by atoms with van der Waals surface area (Å²) in [5, 5.41) is 0. The van der Waals surface area contributed by atoms with Crippen LogP contribution >= 0.6 is 27.3 Å². The minimum atomic E-state index is 0.252. The molecule has 2 heteroatoms. The van der Waals surface area contributed by atoms with Crippen molar-refractivity contribution in [2.45, 2.75) is 37.4 Å². The molecule has 0 aliphatic rings. The zero-order chi connectivity index (χ0) is 13.2. The van der Waals surface area contributed by atoms with E-state index < -0.39 is 0 Å². The van der Waals surface area contributed by atoms with Gasteiger partial charge in [-0.1, -0.05) is 67.0 Å². The van der Waals surface area contributed by atoms with Crippen molar-refractivity contribution in [3.63, 3.8) is 0 Å². The predicted octanol–water partition coefficient (Wildman–Crippen LogP) is 5.72. The number of hydrogen-bond donors (Lipinski definition) is 0. The number of alkyl halides is 1. The highest BCUT2D eigenvalue weighted by Crippen LogP contribution is 2.36. The van der Waals surface area contributed by atoms with Gasteiger partial charge in [0.25, 0.3) is 0 Å². The van der Waals surface area contributed by atoms with Crippen molar-refractivity contribution >= 4 is 27.3 Å². The van der Waals surface area contributed by atoms with E-state index in [0.29, 0.717) is 4.83 Å². The molecule has 1 atom stereocenters. The van der Waals surface area contributed by atoms with Crippen LogP contribution in [0.4, 0.5) is 0 Å². The molecule has 0 spiro atoms. The molecule has 0 nitrogen and oxygen atoms in total. The van der Waals surface area contributed by atoms with Crippen LogP contribution in [0.5, 0.6) is 0 Å². The Bertz CT molecular complexity index is 493. The molecule has 0 amide bonds. The molecule has 0 aliphatic carbocycles. The topological polar surface area (TPSA) is 0 Å². The average Bonchev–Trinajstić information content (AvgIpc) is 2.79. The maximum absolute atomic E-state index is 3.81. The zero-order valence-electron chi connectivity index (χ0n) is 11.1. The first-order chi connectivity index (χ1) is 8.47. The van der Waals surface area contributed by atoms with Gasteiger partial charge in [0.1, 0.15) is 0 Å². The second-order valence-electron chi connectivity index (χ2n) is 5.61. The molecule has 2 rings (SSSR count). The predicted molar refractivity (Wildman–Crippen MR) is 84.8 cm³/mol. The van der Waals surface area contributed by atoms with Crippen LogP contribution in [0.1, 0.15) is 40.9 Å². The Morgan fingerprint density at radius 2 is 1.72 bits per heavy atom. The molecule has 1 heterocycles. The van der Waals surface area contributed by atoms with Gasteiger partial charge in [0.05, 0.1) is 4.83 Å². The molecule has 0 bridgehead atoms. The summed E-state index contributed by atoms with van der Waals surface area (Å²) in [5.41, 5.74) is 1.63. The number of halogens is 1. The van der Waals surface area contributed by atoms with Crippen LogP contribution in [0.2, 0.25) is 0 Å². The molecule has 1 unspecified atom stereocenters. The molecule has 0 aliphatic heterocycles. The summed E-state index contributed by atoms with van der Waals surface area (Å²) >= 11 is 5.73. The van der Waals surface area contributed by atoms with Crippen molar-refractivity contribution in [1.29, 1.82) is 0 Å². The van der Waals surface area contributed by atoms with Crippen LogP contribution in [-0.4, -0.2) is 0 Å². The molecular weight excluding hydrogens is 304 g/mol. The Morgan fingerprint density at radius 3 is 2.28 bits per heavy atom. The fourth-order valence-electron chi connectivity index (χ4n) is 1.85. The van der Waals surface area contributed by atoms with E-state index in [4.69, 9.17) is 0 Å². The highest BCUT2D eigenvalue weighted by atomic mass is 79.9. The molecule has 18 heavy (non-hydrogen) atoms. The summed E-state index contributed by atoms with van der Waals surface area (Å²) in [4.78, 5) is 3.29. The van der Waals surface area contributed by atoms with E-state index in [9.17, 15) is 0 Å². The van der Waals surface area contributed by atoms with E-state index in [1.165, 1.54) is 15.3 Å². The summed E-state index contributed by atoms with van der Waals surface area (Å²) in [6.45, 7) is 6.80. The largest absolute Gasteiger partial charge is 0.144 e. The quantitative estimate of drug-likeness (QED) is 0.633. The average molecular weight is 323 g/mol. The van der Waals surface area contributed by atoms with Gasteiger partial charge in [-0.25, -0.2) is 0 Å². The van der Waals surface area contributed by atoms with Crippen molar-refractivity contribution < 1.29 is 0 Å². The summed E-state index contributed by atoms with van der Waals surface area (Å²) in [6, 6.07) is 15.2. The highest BCUT2D eigenvalue weighted by Gasteiger charge is 2.18. The van der Waals surface area contributed by atoms with E-state index in [1.54, 1.807) is 0 Å². The highest BCUT2D eigenvalue weighted by molar-refractivity contribution is 9.09. The minimum absolute atomic E-state index is 0.252. The molecule has 0 fully saturated rings. The van der Waals surface area contributed by atoms with Gasteiger partial charge in [0, 0.05) is 9.75 Å². The lowest BCUT2D eigenvalue weighted by atomic mass is 9.95. The smallest absolute Gasteiger partial charge is 0.0529 e. The lowest BCUT2D eigenvalue weighted by Crippen LogP contribution is -2.07. The molecule has 0 radical (unpaired) electrons. The van der Waals surface area contributed by atoms with Crippen LogP contribution in [0.3, 0.4) is 0 Å². The van der Waals surface area contributed by atoms with Gasteiger partial charge in [0.2, 0.25) is 0 Å². The first-order valence-electron chi connectivity index (χ1n) is 6.25. The van der Waals surface area contributed by atoms with Crippen molar-refractivity contribution in [2.24, 2.45) is 0 Å². The molecule has 0 saturated carbocycles.